The van der Waals surface area contributed by atoms with Crippen molar-refractivity contribution in [1.29, 1.82) is 0 Å². The maximum absolute atomic E-state index is 4.72. The Morgan fingerprint density at radius 1 is 0.900 bits per heavy atom. The Morgan fingerprint density at radius 2 is 1.80 bits per heavy atom. The van der Waals surface area contributed by atoms with Crippen LogP contribution in [0.15, 0.2) is 67.0 Å². The van der Waals surface area contributed by atoms with Gasteiger partial charge in [-0.3, -0.25) is 0 Å². The zero-order valence-electron chi connectivity index (χ0n) is 10.7. The number of benzene rings is 1. The lowest BCUT2D eigenvalue weighted by atomic mass is 10.2. The first kappa shape index (κ1) is 11.0. The molecule has 3 aromatic heterocycles. The van der Waals surface area contributed by atoms with Crippen LogP contribution in [-0.2, 0) is 0 Å². The number of para-hydroxylation sites is 1. The molecule has 96 valence electrons. The molecule has 0 aliphatic heterocycles. The summed E-state index contributed by atoms with van der Waals surface area (Å²) in [6.07, 6.45) is 3.70. The van der Waals surface area contributed by atoms with Crippen molar-refractivity contribution in [2.75, 3.05) is 0 Å². The summed E-state index contributed by atoms with van der Waals surface area (Å²) in [4.78, 5) is 7.68. The minimum Gasteiger partial charge on any atom is -0.360 e. The molecule has 1 N–H and O–H groups in total. The fraction of sp³-hybridized carbons (Fsp3) is 0. The summed E-state index contributed by atoms with van der Waals surface area (Å²) in [5, 5.41) is 5.77. The molecule has 3 heterocycles. The summed E-state index contributed by atoms with van der Waals surface area (Å²) >= 11 is 0. The molecular formula is C16H12N4. The highest BCUT2D eigenvalue weighted by Gasteiger charge is 2.14. The van der Waals surface area contributed by atoms with Crippen molar-refractivity contribution in [3.05, 3.63) is 67.0 Å². The number of hydrogen-bond acceptors (Lipinski definition) is 2. The Labute approximate surface area is 115 Å². The van der Waals surface area contributed by atoms with Crippen LogP contribution in [0.4, 0.5) is 0 Å². The highest BCUT2D eigenvalue weighted by molar-refractivity contribution is 5.90. The number of nitrogens with zero attached hydrogens (tertiary/aromatic N) is 3. The first-order valence-corrected chi connectivity index (χ1v) is 6.46. The molecule has 0 spiro atoms. The molecule has 4 nitrogen and oxygen atoms in total. The van der Waals surface area contributed by atoms with E-state index in [9.17, 15) is 0 Å². The number of H-pyrrole nitrogens is 1. The third-order valence-electron chi connectivity index (χ3n) is 3.30. The molecule has 0 bridgehead atoms. The van der Waals surface area contributed by atoms with Crippen LogP contribution in [0.25, 0.3) is 28.1 Å². The molecule has 4 rings (SSSR count). The normalized spacial score (nSPS) is 11.0. The number of aromatic nitrogens is 4. The van der Waals surface area contributed by atoms with Gasteiger partial charge in [0.2, 0.25) is 0 Å². The molecule has 0 aliphatic carbocycles. The van der Waals surface area contributed by atoms with Crippen LogP contribution in [0.2, 0.25) is 0 Å². The van der Waals surface area contributed by atoms with Gasteiger partial charge in [-0.25, -0.2) is 9.67 Å². The molecule has 0 amide bonds. The number of fused-ring (bicyclic) bond motifs is 1. The number of nitrogens with one attached hydrogen (secondary N) is 1. The molecule has 0 fully saturated rings. The average molecular weight is 260 g/mol. The lowest BCUT2D eigenvalue weighted by Crippen LogP contribution is -1.97. The van der Waals surface area contributed by atoms with Crippen LogP contribution in [0.1, 0.15) is 0 Å². The second kappa shape index (κ2) is 4.35. The number of hydrogen-bond donors (Lipinski definition) is 1. The second-order valence-electron chi connectivity index (χ2n) is 4.55. The quantitative estimate of drug-likeness (QED) is 0.600. The van der Waals surface area contributed by atoms with Gasteiger partial charge in [-0.1, -0.05) is 18.2 Å². The van der Waals surface area contributed by atoms with E-state index in [1.54, 1.807) is 6.20 Å². The topological polar surface area (TPSA) is 46.5 Å². The van der Waals surface area contributed by atoms with E-state index in [0.29, 0.717) is 0 Å². The van der Waals surface area contributed by atoms with E-state index in [1.165, 1.54) is 0 Å². The smallest absolute Gasteiger partial charge is 0.163 e. The molecule has 0 radical (unpaired) electrons. The SMILES string of the molecule is c1ccc(-n2nc(-c3ccc[nH]3)c3cccnc32)cc1. The Bertz CT molecular complexity index is 845. The minimum absolute atomic E-state index is 0.864. The van der Waals surface area contributed by atoms with Crippen LogP contribution < -0.4 is 0 Å². The summed E-state index contributed by atoms with van der Waals surface area (Å²) in [7, 11) is 0. The van der Waals surface area contributed by atoms with Crippen molar-refractivity contribution < 1.29 is 0 Å². The molecule has 20 heavy (non-hydrogen) atoms. The summed E-state index contributed by atoms with van der Waals surface area (Å²) in [5.41, 5.74) is 3.79. The molecule has 4 aromatic rings. The summed E-state index contributed by atoms with van der Waals surface area (Å²) in [6.45, 7) is 0. The second-order valence-corrected chi connectivity index (χ2v) is 4.55. The predicted octanol–water partition coefficient (Wildman–Crippen LogP) is 3.42. The molecule has 0 saturated carbocycles. The van der Waals surface area contributed by atoms with Crippen molar-refractivity contribution in [3.8, 4) is 17.1 Å². The van der Waals surface area contributed by atoms with Crippen molar-refractivity contribution in [2.24, 2.45) is 0 Å². The summed E-state index contributed by atoms with van der Waals surface area (Å²) in [6, 6.07) is 18.0. The van der Waals surface area contributed by atoms with E-state index in [-0.39, 0.29) is 0 Å². The molecule has 0 saturated heterocycles. The van der Waals surface area contributed by atoms with Gasteiger partial charge in [0.1, 0.15) is 5.69 Å². The van der Waals surface area contributed by atoms with E-state index in [0.717, 1.165) is 28.1 Å². The zero-order chi connectivity index (χ0) is 13.4. The van der Waals surface area contributed by atoms with Crippen LogP contribution in [0, 0.1) is 0 Å². The lowest BCUT2D eigenvalue weighted by Gasteiger charge is -2.01. The third kappa shape index (κ3) is 1.62. The van der Waals surface area contributed by atoms with Gasteiger partial charge in [-0.05, 0) is 36.4 Å². The predicted molar refractivity (Wildman–Crippen MR) is 78.7 cm³/mol. The molecule has 4 heteroatoms. The lowest BCUT2D eigenvalue weighted by molar-refractivity contribution is 0.899. The molecule has 0 atom stereocenters. The van der Waals surface area contributed by atoms with Gasteiger partial charge in [0.15, 0.2) is 5.65 Å². The fourth-order valence-corrected chi connectivity index (χ4v) is 2.38. The van der Waals surface area contributed by atoms with Crippen LogP contribution in [-0.4, -0.2) is 19.7 Å². The highest BCUT2D eigenvalue weighted by atomic mass is 15.3. The van der Waals surface area contributed by atoms with E-state index >= 15 is 0 Å². The number of aromatic amines is 1. The van der Waals surface area contributed by atoms with Crippen LogP contribution in [0.3, 0.4) is 0 Å². The highest BCUT2D eigenvalue weighted by Crippen LogP contribution is 2.27. The Kier molecular flexibility index (Phi) is 2.39. The summed E-state index contributed by atoms with van der Waals surface area (Å²) in [5.74, 6) is 0. The number of pyridine rings is 1. The molecule has 1 aromatic carbocycles. The van der Waals surface area contributed by atoms with Gasteiger partial charge in [-0.2, -0.15) is 5.10 Å². The monoisotopic (exact) mass is 260 g/mol. The minimum atomic E-state index is 0.864. The van der Waals surface area contributed by atoms with E-state index in [4.69, 9.17) is 5.10 Å². The van der Waals surface area contributed by atoms with Gasteiger partial charge < -0.3 is 4.98 Å². The molecule has 0 unspecified atom stereocenters. The average Bonchev–Trinajstić information content (AvgIpc) is 3.15. The van der Waals surface area contributed by atoms with Gasteiger partial charge in [0.05, 0.1) is 11.4 Å². The molecular weight excluding hydrogens is 248 g/mol. The van der Waals surface area contributed by atoms with Gasteiger partial charge in [-0.15, -0.1) is 0 Å². The van der Waals surface area contributed by atoms with Crippen molar-refractivity contribution in [1.82, 2.24) is 19.7 Å². The van der Waals surface area contributed by atoms with E-state index < -0.39 is 0 Å². The van der Waals surface area contributed by atoms with Crippen molar-refractivity contribution in [3.63, 3.8) is 0 Å². The van der Waals surface area contributed by atoms with Gasteiger partial charge in [0.25, 0.3) is 0 Å². The van der Waals surface area contributed by atoms with Crippen LogP contribution in [0.5, 0.6) is 0 Å². The summed E-state index contributed by atoms with van der Waals surface area (Å²) < 4.78 is 1.88. The van der Waals surface area contributed by atoms with Crippen molar-refractivity contribution in [2.45, 2.75) is 0 Å². The Balaban J connectivity index is 2.04. The first-order chi connectivity index (χ1) is 9.93. The maximum Gasteiger partial charge on any atom is 0.163 e. The molecule has 0 aliphatic rings. The van der Waals surface area contributed by atoms with Crippen molar-refractivity contribution >= 4 is 11.0 Å². The zero-order valence-corrected chi connectivity index (χ0v) is 10.7. The largest absolute Gasteiger partial charge is 0.360 e. The standard InChI is InChI=1S/C16H12N4/c1-2-6-12(7-3-1)20-16-13(8-4-11-18-16)15(19-20)14-9-5-10-17-14/h1-11,17H. The Morgan fingerprint density at radius 3 is 2.60 bits per heavy atom. The number of rotatable bonds is 2. The van der Waals surface area contributed by atoms with E-state index in [2.05, 4.69) is 9.97 Å². The van der Waals surface area contributed by atoms with Gasteiger partial charge >= 0.3 is 0 Å². The maximum atomic E-state index is 4.72. The fourth-order valence-electron chi connectivity index (χ4n) is 2.38. The van der Waals surface area contributed by atoms with Gasteiger partial charge in [0, 0.05) is 17.8 Å². The van der Waals surface area contributed by atoms with E-state index in [1.807, 2.05) is 65.5 Å². The first-order valence-electron chi connectivity index (χ1n) is 6.46. The Hall–Kier alpha value is -2.88. The third-order valence-corrected chi connectivity index (χ3v) is 3.30. The van der Waals surface area contributed by atoms with Crippen LogP contribution >= 0.6 is 0 Å².